The molecule has 4 nitrogen and oxygen atoms in total. The van der Waals surface area contributed by atoms with Crippen LogP contribution in [0.25, 0.3) is 0 Å². The minimum Gasteiger partial charge on any atom is -0.462 e. The lowest BCUT2D eigenvalue weighted by molar-refractivity contribution is -0.161. The Morgan fingerprint density at radius 3 is 2.15 bits per heavy atom. The highest BCUT2D eigenvalue weighted by molar-refractivity contribution is 5.72. The Kier molecular flexibility index (Phi) is 9.26. The molecule has 0 aliphatic carbocycles. The first-order valence-electron chi connectivity index (χ1n) is 7.69. The molecule has 0 aromatic heterocycles. The van der Waals surface area contributed by atoms with Crippen LogP contribution in [-0.4, -0.2) is 23.6 Å². The molecule has 1 atom stereocenters. The van der Waals surface area contributed by atoms with E-state index in [0.29, 0.717) is 12.8 Å². The molecule has 0 rings (SSSR count). The second-order valence-electron chi connectivity index (χ2n) is 6.12. The van der Waals surface area contributed by atoms with Gasteiger partial charge in [-0.25, -0.2) is 0 Å². The average molecular weight is 286 g/mol. The molecular weight excluding hydrogens is 256 g/mol. The molecule has 0 heterocycles. The summed E-state index contributed by atoms with van der Waals surface area (Å²) in [4.78, 5) is 23.4. The van der Waals surface area contributed by atoms with Gasteiger partial charge in [0.15, 0.2) is 0 Å². The number of carbonyl (C=O) groups excluding carboxylic acids is 2. The van der Waals surface area contributed by atoms with E-state index < -0.39 is 5.60 Å². The average Bonchev–Trinajstić information content (AvgIpc) is 2.31. The zero-order chi connectivity index (χ0) is 15.6. The van der Waals surface area contributed by atoms with Crippen molar-refractivity contribution in [2.45, 2.75) is 91.3 Å². The van der Waals surface area contributed by atoms with Gasteiger partial charge in [-0.1, -0.05) is 33.1 Å². The van der Waals surface area contributed by atoms with Gasteiger partial charge in [0.25, 0.3) is 0 Å². The van der Waals surface area contributed by atoms with Crippen molar-refractivity contribution >= 4 is 11.9 Å². The third kappa shape index (κ3) is 10.8. The van der Waals surface area contributed by atoms with E-state index in [0.717, 1.165) is 25.7 Å². The molecule has 20 heavy (non-hydrogen) atoms. The van der Waals surface area contributed by atoms with Gasteiger partial charge in [0.05, 0.1) is 6.42 Å². The standard InChI is InChI=1S/C16H30O4/c1-6-8-9-10-11-14(17)19-13(7-2)12-15(18)20-16(3,4)5/h13H,6-12H2,1-5H3. The summed E-state index contributed by atoms with van der Waals surface area (Å²) in [6, 6.07) is 0. The van der Waals surface area contributed by atoms with E-state index in [-0.39, 0.29) is 24.5 Å². The van der Waals surface area contributed by atoms with E-state index >= 15 is 0 Å². The lowest BCUT2D eigenvalue weighted by atomic mass is 10.1. The van der Waals surface area contributed by atoms with Crippen LogP contribution in [0, 0.1) is 0 Å². The van der Waals surface area contributed by atoms with Crippen LogP contribution in [0.2, 0.25) is 0 Å². The van der Waals surface area contributed by atoms with E-state index in [1.807, 2.05) is 27.7 Å². The highest BCUT2D eigenvalue weighted by Gasteiger charge is 2.21. The van der Waals surface area contributed by atoms with E-state index in [9.17, 15) is 9.59 Å². The summed E-state index contributed by atoms with van der Waals surface area (Å²) in [5.74, 6) is -0.528. The number of hydrogen-bond donors (Lipinski definition) is 0. The second-order valence-corrected chi connectivity index (χ2v) is 6.12. The topological polar surface area (TPSA) is 52.6 Å². The first kappa shape index (κ1) is 18.9. The number of rotatable bonds is 9. The molecule has 0 fully saturated rings. The monoisotopic (exact) mass is 286 g/mol. The summed E-state index contributed by atoms with van der Waals surface area (Å²) in [7, 11) is 0. The van der Waals surface area contributed by atoms with Crippen molar-refractivity contribution in [1.82, 2.24) is 0 Å². The molecule has 0 aliphatic heterocycles. The van der Waals surface area contributed by atoms with E-state index in [4.69, 9.17) is 9.47 Å². The molecule has 0 bridgehead atoms. The first-order valence-corrected chi connectivity index (χ1v) is 7.69. The van der Waals surface area contributed by atoms with Gasteiger partial charge in [0.2, 0.25) is 0 Å². The molecular formula is C16H30O4. The molecule has 0 aromatic carbocycles. The Morgan fingerprint density at radius 1 is 1.00 bits per heavy atom. The molecule has 4 heteroatoms. The van der Waals surface area contributed by atoms with Crippen LogP contribution in [-0.2, 0) is 19.1 Å². The van der Waals surface area contributed by atoms with E-state index in [1.54, 1.807) is 0 Å². The second kappa shape index (κ2) is 9.78. The molecule has 0 saturated heterocycles. The van der Waals surface area contributed by atoms with E-state index in [2.05, 4.69) is 6.92 Å². The Bertz CT molecular complexity index is 291. The Balaban J connectivity index is 4.02. The van der Waals surface area contributed by atoms with Crippen LogP contribution < -0.4 is 0 Å². The fraction of sp³-hybridized carbons (Fsp3) is 0.875. The SMILES string of the molecule is CCCCCCC(=O)OC(CC)CC(=O)OC(C)(C)C. The normalized spacial score (nSPS) is 12.8. The van der Waals surface area contributed by atoms with Gasteiger partial charge in [-0.15, -0.1) is 0 Å². The smallest absolute Gasteiger partial charge is 0.310 e. The van der Waals surface area contributed by atoms with Gasteiger partial charge in [-0.2, -0.15) is 0 Å². The van der Waals surface area contributed by atoms with Crippen LogP contribution in [0.5, 0.6) is 0 Å². The quantitative estimate of drug-likeness (QED) is 0.474. The maximum Gasteiger partial charge on any atom is 0.310 e. The van der Waals surface area contributed by atoms with Crippen molar-refractivity contribution < 1.29 is 19.1 Å². The lowest BCUT2D eigenvalue weighted by Gasteiger charge is -2.22. The van der Waals surface area contributed by atoms with Crippen molar-refractivity contribution in [3.63, 3.8) is 0 Å². The Labute approximate surface area is 123 Å². The molecule has 0 saturated carbocycles. The van der Waals surface area contributed by atoms with Gasteiger partial charge in [-0.3, -0.25) is 9.59 Å². The lowest BCUT2D eigenvalue weighted by Crippen LogP contribution is -2.28. The van der Waals surface area contributed by atoms with Crippen LogP contribution in [0.15, 0.2) is 0 Å². The van der Waals surface area contributed by atoms with Crippen LogP contribution in [0.3, 0.4) is 0 Å². The van der Waals surface area contributed by atoms with Crippen LogP contribution in [0.1, 0.15) is 79.6 Å². The largest absolute Gasteiger partial charge is 0.462 e. The van der Waals surface area contributed by atoms with Crippen molar-refractivity contribution in [1.29, 1.82) is 0 Å². The maximum absolute atomic E-state index is 11.7. The molecule has 0 radical (unpaired) electrons. The van der Waals surface area contributed by atoms with Crippen molar-refractivity contribution in [3.05, 3.63) is 0 Å². The highest BCUT2D eigenvalue weighted by Crippen LogP contribution is 2.13. The molecule has 0 N–H and O–H groups in total. The first-order chi connectivity index (χ1) is 9.28. The fourth-order valence-corrected chi connectivity index (χ4v) is 1.78. The number of hydrogen-bond acceptors (Lipinski definition) is 4. The third-order valence-electron chi connectivity index (χ3n) is 2.80. The minimum atomic E-state index is -0.500. The Hall–Kier alpha value is -1.06. The van der Waals surface area contributed by atoms with Crippen molar-refractivity contribution in [3.8, 4) is 0 Å². The molecule has 0 spiro atoms. The number of ether oxygens (including phenoxy) is 2. The van der Waals surface area contributed by atoms with Crippen molar-refractivity contribution in [2.24, 2.45) is 0 Å². The van der Waals surface area contributed by atoms with Crippen LogP contribution >= 0.6 is 0 Å². The summed E-state index contributed by atoms with van der Waals surface area (Å²) < 4.78 is 10.6. The van der Waals surface area contributed by atoms with Crippen molar-refractivity contribution in [2.75, 3.05) is 0 Å². The third-order valence-corrected chi connectivity index (χ3v) is 2.80. The summed E-state index contributed by atoms with van der Waals surface area (Å²) in [6.07, 6.45) is 5.01. The Morgan fingerprint density at radius 2 is 1.65 bits per heavy atom. The zero-order valence-electron chi connectivity index (χ0n) is 13.7. The molecule has 0 amide bonds. The summed E-state index contributed by atoms with van der Waals surface area (Å²) >= 11 is 0. The molecule has 0 aliphatic rings. The maximum atomic E-state index is 11.7. The van der Waals surface area contributed by atoms with Gasteiger partial charge >= 0.3 is 11.9 Å². The minimum absolute atomic E-state index is 0.133. The van der Waals surface area contributed by atoms with Gasteiger partial charge in [0, 0.05) is 6.42 Å². The number of esters is 2. The highest BCUT2D eigenvalue weighted by atomic mass is 16.6. The molecule has 1 unspecified atom stereocenters. The number of unbranched alkanes of at least 4 members (excludes halogenated alkanes) is 3. The zero-order valence-corrected chi connectivity index (χ0v) is 13.7. The summed E-state index contributed by atoms with van der Waals surface area (Å²) in [5, 5.41) is 0. The molecule has 0 aromatic rings. The van der Waals surface area contributed by atoms with Crippen LogP contribution in [0.4, 0.5) is 0 Å². The van der Waals surface area contributed by atoms with E-state index in [1.165, 1.54) is 0 Å². The van der Waals surface area contributed by atoms with Gasteiger partial charge in [0.1, 0.15) is 11.7 Å². The van der Waals surface area contributed by atoms with Gasteiger partial charge in [-0.05, 0) is 33.6 Å². The fourth-order valence-electron chi connectivity index (χ4n) is 1.78. The predicted octanol–water partition coefficient (Wildman–Crippen LogP) is 4.01. The van der Waals surface area contributed by atoms with Gasteiger partial charge < -0.3 is 9.47 Å². The molecule has 118 valence electrons. The predicted molar refractivity (Wildman–Crippen MR) is 79.4 cm³/mol. The number of carbonyl (C=O) groups is 2. The summed E-state index contributed by atoms with van der Waals surface area (Å²) in [5.41, 5.74) is -0.500. The summed E-state index contributed by atoms with van der Waals surface area (Å²) in [6.45, 7) is 9.51.